The van der Waals surface area contributed by atoms with Crippen LogP contribution in [0.15, 0.2) is 0 Å². The molecule has 2 aromatic carbocycles. The first-order valence-electron chi connectivity index (χ1n) is 10.1. The van der Waals surface area contributed by atoms with Crippen LogP contribution in [0.3, 0.4) is 0 Å². The van der Waals surface area contributed by atoms with E-state index in [9.17, 15) is 0 Å². The van der Waals surface area contributed by atoms with Gasteiger partial charge in [-0.05, 0) is 47.6 Å². The Morgan fingerprint density at radius 1 is 0.483 bits per heavy atom. The largest absolute Gasteiger partial charge is 0.357 e. The molecule has 0 saturated carbocycles. The summed E-state index contributed by atoms with van der Waals surface area (Å²) in [5.41, 5.74) is 8.74. The topological polar surface area (TPSA) is 12.0 Å². The highest BCUT2D eigenvalue weighted by atomic mass is 14.9. The number of nitrogens with one attached hydrogen (secondary N) is 1. The number of anilines is 2. The Bertz CT molecular complexity index is 971. The lowest BCUT2D eigenvalue weighted by Crippen LogP contribution is -2.42. The first-order chi connectivity index (χ1) is 13.3. The summed E-state index contributed by atoms with van der Waals surface area (Å²) in [5.74, 6) is 0. The maximum atomic E-state index is 6.56. The van der Waals surface area contributed by atoms with Crippen molar-refractivity contribution in [2.45, 2.75) is 53.4 Å². The summed E-state index contributed by atoms with van der Waals surface area (Å²) < 4.78 is 0. The SMILES string of the molecule is [B]c1c([B])c(Nc2c([B])c([B])c3c(c2[B])CC(C)(C)C3)c([B])c2c1CC(C)(C)C2. The molecule has 0 unspecified atom stereocenters. The lowest BCUT2D eigenvalue weighted by molar-refractivity contribution is 0.393. The first kappa shape index (κ1) is 20.9. The fraction of sp³-hybridized carbons (Fsp3) is 0.455. The van der Waals surface area contributed by atoms with Crippen molar-refractivity contribution < 1.29 is 0 Å². The van der Waals surface area contributed by atoms with Gasteiger partial charge in [-0.1, -0.05) is 71.6 Å². The Morgan fingerprint density at radius 2 is 0.759 bits per heavy atom. The zero-order valence-electron chi connectivity index (χ0n) is 17.8. The number of hydrogen-bond acceptors (Lipinski definition) is 1. The van der Waals surface area contributed by atoms with E-state index in [0.29, 0.717) is 44.2 Å². The molecule has 4 rings (SSSR count). The predicted molar refractivity (Wildman–Crippen MR) is 131 cm³/mol. The highest BCUT2D eigenvalue weighted by Gasteiger charge is 2.34. The second-order valence-electron chi connectivity index (χ2n) is 10.3. The van der Waals surface area contributed by atoms with Crippen molar-refractivity contribution in [2.75, 3.05) is 5.32 Å². The highest BCUT2D eigenvalue weighted by Crippen LogP contribution is 2.36. The van der Waals surface area contributed by atoms with E-state index in [4.69, 9.17) is 47.1 Å². The third-order valence-electron chi connectivity index (χ3n) is 6.56. The summed E-state index contributed by atoms with van der Waals surface area (Å²) in [6, 6.07) is 0. The minimum Gasteiger partial charge on any atom is -0.357 e. The Morgan fingerprint density at radius 3 is 1.07 bits per heavy atom. The fourth-order valence-corrected chi connectivity index (χ4v) is 5.08. The van der Waals surface area contributed by atoms with Crippen LogP contribution in [0.4, 0.5) is 11.4 Å². The van der Waals surface area contributed by atoms with Crippen LogP contribution < -0.4 is 38.1 Å². The maximum absolute atomic E-state index is 6.56. The quantitative estimate of drug-likeness (QED) is 0.636. The average Bonchev–Trinajstić information content (AvgIpc) is 3.13. The molecular weight excluding hydrogens is 343 g/mol. The lowest BCUT2D eigenvalue weighted by atomic mass is 9.69. The van der Waals surface area contributed by atoms with Crippen LogP contribution in [-0.2, 0) is 25.7 Å². The van der Waals surface area contributed by atoms with E-state index in [1.165, 1.54) is 0 Å². The third kappa shape index (κ3) is 3.24. The van der Waals surface area contributed by atoms with Crippen LogP contribution in [0.25, 0.3) is 0 Å². The first-order valence-corrected chi connectivity index (χ1v) is 10.1. The molecule has 2 aromatic rings. The van der Waals surface area contributed by atoms with Crippen molar-refractivity contribution in [3.8, 4) is 0 Å². The van der Waals surface area contributed by atoms with E-state index >= 15 is 0 Å². The molecule has 1 N–H and O–H groups in total. The van der Waals surface area contributed by atoms with Crippen LogP contribution in [-0.4, -0.2) is 47.1 Å². The molecule has 0 heterocycles. The van der Waals surface area contributed by atoms with E-state index in [2.05, 4.69) is 33.0 Å². The van der Waals surface area contributed by atoms with Crippen LogP contribution in [0.2, 0.25) is 0 Å². The summed E-state index contributed by atoms with van der Waals surface area (Å²) >= 11 is 0. The molecule has 0 bridgehead atoms. The van der Waals surface area contributed by atoms with E-state index < -0.39 is 0 Å². The average molecular weight is 364 g/mol. The minimum absolute atomic E-state index is 0.0945. The van der Waals surface area contributed by atoms with Crippen LogP contribution in [0.1, 0.15) is 49.9 Å². The Balaban J connectivity index is 1.86. The summed E-state index contributed by atoms with van der Waals surface area (Å²) in [6.07, 6.45) is 3.40. The van der Waals surface area contributed by atoms with Crippen molar-refractivity contribution in [3.05, 3.63) is 22.3 Å². The molecule has 0 spiro atoms. The Labute approximate surface area is 183 Å². The zero-order valence-corrected chi connectivity index (χ0v) is 17.8. The van der Waals surface area contributed by atoms with E-state index in [1.807, 2.05) is 0 Å². The molecule has 0 atom stereocenters. The van der Waals surface area contributed by atoms with Crippen LogP contribution >= 0.6 is 0 Å². The smallest absolute Gasteiger partial charge is 0.117 e. The molecule has 0 amide bonds. The van der Waals surface area contributed by atoms with Gasteiger partial charge in [-0.15, -0.1) is 0 Å². The number of benzene rings is 2. The summed E-state index contributed by atoms with van der Waals surface area (Å²) in [6.45, 7) is 8.81. The van der Waals surface area contributed by atoms with E-state index in [-0.39, 0.29) is 10.8 Å². The minimum atomic E-state index is 0.0945. The second kappa shape index (κ2) is 6.56. The molecule has 12 radical (unpaired) electrons. The zero-order chi connectivity index (χ0) is 21.5. The van der Waals surface area contributed by atoms with Gasteiger partial charge in [0, 0.05) is 11.4 Å². The normalized spacial score (nSPS) is 18.5. The van der Waals surface area contributed by atoms with Gasteiger partial charge in [0.15, 0.2) is 0 Å². The van der Waals surface area contributed by atoms with Gasteiger partial charge in [-0.3, -0.25) is 0 Å². The van der Waals surface area contributed by atoms with Crippen molar-refractivity contribution in [1.82, 2.24) is 0 Å². The summed E-state index contributed by atoms with van der Waals surface area (Å²) in [5, 5.41) is 3.31. The predicted octanol–water partition coefficient (Wildman–Crippen LogP) is -1.56. The van der Waals surface area contributed by atoms with Crippen LogP contribution in [0.5, 0.6) is 0 Å². The van der Waals surface area contributed by atoms with Gasteiger partial charge in [-0.2, -0.15) is 0 Å². The Kier molecular flexibility index (Phi) is 4.73. The molecule has 0 aromatic heterocycles. The molecule has 2 aliphatic rings. The maximum Gasteiger partial charge on any atom is 0.117 e. The number of rotatable bonds is 2. The molecule has 2 aliphatic carbocycles. The molecule has 29 heavy (non-hydrogen) atoms. The highest BCUT2D eigenvalue weighted by molar-refractivity contribution is 6.57. The lowest BCUT2D eigenvalue weighted by Gasteiger charge is -2.26. The third-order valence-corrected chi connectivity index (χ3v) is 6.56. The van der Waals surface area contributed by atoms with E-state index in [0.717, 1.165) is 47.9 Å². The van der Waals surface area contributed by atoms with Crippen molar-refractivity contribution in [2.24, 2.45) is 10.8 Å². The van der Waals surface area contributed by atoms with Gasteiger partial charge in [0.1, 0.15) is 47.1 Å². The number of fused-ring (bicyclic) bond motifs is 2. The molecule has 0 fully saturated rings. The molecule has 1 nitrogen and oxygen atoms in total. The second-order valence-corrected chi connectivity index (χ2v) is 10.3. The summed E-state index contributed by atoms with van der Waals surface area (Å²) in [4.78, 5) is 0. The number of hydrogen-bond donors (Lipinski definition) is 1. The van der Waals surface area contributed by atoms with Crippen LogP contribution in [0, 0.1) is 10.8 Å². The van der Waals surface area contributed by atoms with Gasteiger partial charge < -0.3 is 5.32 Å². The Hall–Kier alpha value is -1.37. The van der Waals surface area contributed by atoms with Crippen molar-refractivity contribution >= 4 is 91.2 Å². The van der Waals surface area contributed by atoms with Crippen molar-refractivity contribution in [1.29, 1.82) is 0 Å². The van der Waals surface area contributed by atoms with Gasteiger partial charge in [0.2, 0.25) is 0 Å². The van der Waals surface area contributed by atoms with E-state index in [1.54, 1.807) is 0 Å². The van der Waals surface area contributed by atoms with Gasteiger partial charge >= 0.3 is 0 Å². The molecule has 0 saturated heterocycles. The van der Waals surface area contributed by atoms with Gasteiger partial charge in [0.25, 0.3) is 0 Å². The standard InChI is InChI=1S/C22H21B6N/c1-21(2)5-9-11(7-21)15(25)19(17(27)13(9)23)29-20-16(26)12-8-22(3,4)6-10(12)14(24)18(20)28/h29H,5-8H2,1-4H3. The molecule has 7 heteroatoms. The van der Waals surface area contributed by atoms with Crippen molar-refractivity contribution in [3.63, 3.8) is 0 Å². The van der Waals surface area contributed by atoms with Gasteiger partial charge in [-0.25, -0.2) is 0 Å². The fourth-order valence-electron chi connectivity index (χ4n) is 5.08. The molecule has 0 aliphatic heterocycles. The summed E-state index contributed by atoms with van der Waals surface area (Å²) in [7, 11) is 38.7. The monoisotopic (exact) mass is 365 g/mol. The molecular formula is C22H21B6N. The molecule has 132 valence electrons. The van der Waals surface area contributed by atoms with Gasteiger partial charge in [0.05, 0.1) is 0 Å².